The highest BCUT2D eigenvalue weighted by atomic mass is 15.3. The van der Waals surface area contributed by atoms with E-state index in [0.717, 1.165) is 29.8 Å². The van der Waals surface area contributed by atoms with E-state index in [9.17, 15) is 0 Å². The zero-order chi connectivity index (χ0) is 14.7. The average Bonchev–Trinajstić information content (AvgIpc) is 2.84. The molecule has 1 atom stereocenters. The topological polar surface area (TPSA) is 69.7 Å². The number of nitrogens with one attached hydrogen (secondary N) is 2. The molecule has 0 amide bonds. The van der Waals surface area contributed by atoms with Crippen LogP contribution in [0.2, 0.25) is 0 Å². The third-order valence-corrected chi connectivity index (χ3v) is 3.43. The summed E-state index contributed by atoms with van der Waals surface area (Å²) in [4.78, 5) is 11.3. The van der Waals surface area contributed by atoms with Gasteiger partial charge in [-0.1, -0.05) is 13.8 Å². The summed E-state index contributed by atoms with van der Waals surface area (Å²) in [5, 5.41) is 11.1. The van der Waals surface area contributed by atoms with Crippen LogP contribution in [-0.2, 0) is 0 Å². The second kappa shape index (κ2) is 6.07. The summed E-state index contributed by atoms with van der Waals surface area (Å²) in [6, 6.07) is 0.414. The van der Waals surface area contributed by atoms with Crippen LogP contribution in [0.5, 0.6) is 0 Å². The van der Waals surface area contributed by atoms with Gasteiger partial charge < -0.3 is 10.2 Å². The SMILES string of the molecule is CCNc1nc(N(C)C(C)CC(C)C)c2cn[nH]c2n1. The fraction of sp³-hybridized carbons (Fsp3) is 0.643. The van der Waals surface area contributed by atoms with E-state index < -0.39 is 0 Å². The van der Waals surface area contributed by atoms with E-state index in [-0.39, 0.29) is 0 Å². The van der Waals surface area contributed by atoms with Gasteiger partial charge in [0.05, 0.1) is 11.6 Å². The van der Waals surface area contributed by atoms with Crippen LogP contribution >= 0.6 is 0 Å². The van der Waals surface area contributed by atoms with Crippen molar-refractivity contribution >= 4 is 22.8 Å². The number of fused-ring (bicyclic) bond motifs is 1. The first-order valence-electron chi connectivity index (χ1n) is 7.20. The molecule has 0 bridgehead atoms. The monoisotopic (exact) mass is 276 g/mol. The Balaban J connectivity index is 2.37. The van der Waals surface area contributed by atoms with Crippen molar-refractivity contribution in [3.63, 3.8) is 0 Å². The van der Waals surface area contributed by atoms with E-state index in [1.54, 1.807) is 6.20 Å². The molecule has 6 nitrogen and oxygen atoms in total. The molecule has 0 spiro atoms. The number of hydrogen-bond acceptors (Lipinski definition) is 5. The predicted octanol–water partition coefficient (Wildman–Crippen LogP) is 2.66. The van der Waals surface area contributed by atoms with Crippen LogP contribution in [0.3, 0.4) is 0 Å². The molecule has 0 aliphatic carbocycles. The molecule has 1 unspecified atom stereocenters. The van der Waals surface area contributed by atoms with Crippen LogP contribution in [-0.4, -0.2) is 39.8 Å². The summed E-state index contributed by atoms with van der Waals surface area (Å²) >= 11 is 0. The van der Waals surface area contributed by atoms with Crippen molar-refractivity contribution in [1.29, 1.82) is 0 Å². The summed E-state index contributed by atoms with van der Waals surface area (Å²) in [5.74, 6) is 2.22. The molecule has 0 aromatic carbocycles. The van der Waals surface area contributed by atoms with Gasteiger partial charge in [-0.25, -0.2) is 0 Å². The van der Waals surface area contributed by atoms with Gasteiger partial charge in [0.1, 0.15) is 5.82 Å². The molecule has 20 heavy (non-hydrogen) atoms. The molecule has 0 aliphatic rings. The van der Waals surface area contributed by atoms with E-state index in [1.807, 2.05) is 6.92 Å². The average molecular weight is 276 g/mol. The molecule has 110 valence electrons. The zero-order valence-corrected chi connectivity index (χ0v) is 12.9. The minimum atomic E-state index is 0.414. The second-order valence-electron chi connectivity index (χ2n) is 5.62. The molecule has 0 saturated carbocycles. The van der Waals surface area contributed by atoms with Crippen LogP contribution in [0.4, 0.5) is 11.8 Å². The first-order valence-corrected chi connectivity index (χ1v) is 7.20. The van der Waals surface area contributed by atoms with E-state index >= 15 is 0 Å². The fourth-order valence-electron chi connectivity index (χ4n) is 2.37. The number of anilines is 2. The van der Waals surface area contributed by atoms with Gasteiger partial charge in [-0.05, 0) is 26.2 Å². The Morgan fingerprint density at radius 3 is 2.70 bits per heavy atom. The molecule has 2 aromatic rings. The number of hydrogen-bond donors (Lipinski definition) is 2. The summed E-state index contributed by atoms with van der Waals surface area (Å²) in [7, 11) is 2.08. The lowest BCUT2D eigenvalue weighted by Gasteiger charge is -2.28. The predicted molar refractivity (Wildman–Crippen MR) is 83.2 cm³/mol. The van der Waals surface area contributed by atoms with Crippen molar-refractivity contribution in [3.8, 4) is 0 Å². The number of aromatic nitrogens is 4. The quantitative estimate of drug-likeness (QED) is 0.849. The van der Waals surface area contributed by atoms with E-state index in [0.29, 0.717) is 17.9 Å². The number of H-pyrrole nitrogens is 1. The third kappa shape index (κ3) is 3.00. The van der Waals surface area contributed by atoms with Crippen molar-refractivity contribution in [2.45, 2.75) is 40.2 Å². The summed E-state index contributed by atoms with van der Waals surface area (Å²) in [6.07, 6.45) is 2.91. The van der Waals surface area contributed by atoms with Crippen LogP contribution in [0.25, 0.3) is 11.0 Å². The summed E-state index contributed by atoms with van der Waals surface area (Å²) in [6.45, 7) is 9.53. The Bertz CT molecular complexity index is 562. The van der Waals surface area contributed by atoms with E-state index in [2.05, 4.69) is 58.2 Å². The number of nitrogens with zero attached hydrogens (tertiary/aromatic N) is 4. The number of aromatic amines is 1. The fourth-order valence-corrected chi connectivity index (χ4v) is 2.37. The highest BCUT2D eigenvalue weighted by Crippen LogP contribution is 2.25. The van der Waals surface area contributed by atoms with Gasteiger partial charge in [-0.2, -0.15) is 15.1 Å². The standard InChI is InChI=1S/C14H24N6/c1-6-15-14-17-12-11(8-16-19-12)13(18-14)20(5)10(4)7-9(2)3/h8-10H,6-7H2,1-5H3,(H2,15,16,17,18,19). The second-order valence-corrected chi connectivity index (χ2v) is 5.62. The van der Waals surface area contributed by atoms with Crippen LogP contribution < -0.4 is 10.2 Å². The zero-order valence-electron chi connectivity index (χ0n) is 12.9. The van der Waals surface area contributed by atoms with Crippen molar-refractivity contribution in [3.05, 3.63) is 6.20 Å². The summed E-state index contributed by atoms with van der Waals surface area (Å²) < 4.78 is 0. The molecule has 0 saturated heterocycles. The minimum absolute atomic E-state index is 0.414. The lowest BCUT2D eigenvalue weighted by atomic mass is 10.0. The molecular weight excluding hydrogens is 252 g/mol. The van der Waals surface area contributed by atoms with E-state index in [4.69, 9.17) is 0 Å². The molecule has 2 heterocycles. The van der Waals surface area contributed by atoms with Crippen molar-refractivity contribution in [2.75, 3.05) is 23.8 Å². The molecule has 6 heteroatoms. The van der Waals surface area contributed by atoms with Gasteiger partial charge in [0.2, 0.25) is 5.95 Å². The van der Waals surface area contributed by atoms with Gasteiger partial charge >= 0.3 is 0 Å². The molecule has 2 N–H and O–H groups in total. The maximum Gasteiger partial charge on any atom is 0.226 e. The first-order chi connectivity index (χ1) is 9.52. The molecule has 0 fully saturated rings. The number of rotatable bonds is 6. The molecule has 0 radical (unpaired) electrons. The van der Waals surface area contributed by atoms with Gasteiger partial charge in [0.25, 0.3) is 0 Å². The van der Waals surface area contributed by atoms with Crippen LogP contribution in [0.15, 0.2) is 6.20 Å². The molecule has 2 aromatic heterocycles. The van der Waals surface area contributed by atoms with Crippen molar-refractivity contribution < 1.29 is 0 Å². The Hall–Kier alpha value is -1.85. The Kier molecular flexibility index (Phi) is 4.42. The maximum absolute atomic E-state index is 4.63. The smallest absolute Gasteiger partial charge is 0.226 e. The van der Waals surface area contributed by atoms with Crippen molar-refractivity contribution in [1.82, 2.24) is 20.2 Å². The van der Waals surface area contributed by atoms with Crippen LogP contribution in [0.1, 0.15) is 34.1 Å². The van der Waals surface area contributed by atoms with Crippen LogP contribution in [0, 0.1) is 5.92 Å². The van der Waals surface area contributed by atoms with Gasteiger partial charge in [0, 0.05) is 19.6 Å². The van der Waals surface area contributed by atoms with E-state index in [1.165, 1.54) is 0 Å². The normalized spacial score (nSPS) is 12.9. The van der Waals surface area contributed by atoms with Gasteiger partial charge in [-0.3, -0.25) is 5.10 Å². The largest absolute Gasteiger partial charge is 0.356 e. The Labute approximate surface area is 120 Å². The highest BCUT2D eigenvalue weighted by Gasteiger charge is 2.18. The summed E-state index contributed by atoms with van der Waals surface area (Å²) in [5.41, 5.74) is 0.773. The highest BCUT2D eigenvalue weighted by molar-refractivity contribution is 5.87. The Morgan fingerprint density at radius 1 is 1.30 bits per heavy atom. The molecular formula is C14H24N6. The Morgan fingerprint density at radius 2 is 2.05 bits per heavy atom. The molecule has 0 aliphatic heterocycles. The molecule has 2 rings (SSSR count). The van der Waals surface area contributed by atoms with Crippen molar-refractivity contribution in [2.24, 2.45) is 5.92 Å². The van der Waals surface area contributed by atoms with Gasteiger partial charge in [-0.15, -0.1) is 0 Å². The first kappa shape index (κ1) is 14.6. The third-order valence-electron chi connectivity index (χ3n) is 3.43. The maximum atomic E-state index is 4.63. The lowest BCUT2D eigenvalue weighted by molar-refractivity contribution is 0.503. The lowest BCUT2D eigenvalue weighted by Crippen LogP contribution is -2.31. The minimum Gasteiger partial charge on any atom is -0.356 e. The van der Waals surface area contributed by atoms with Gasteiger partial charge in [0.15, 0.2) is 5.65 Å².